The van der Waals surface area contributed by atoms with E-state index in [-0.39, 0.29) is 19.2 Å². The summed E-state index contributed by atoms with van der Waals surface area (Å²) in [6, 6.07) is 0. The zero-order chi connectivity index (χ0) is 44.0. The van der Waals surface area contributed by atoms with E-state index in [1.54, 1.807) is 0 Å². The number of ether oxygens (including phenoxy) is 14. The topological polar surface area (TPSA) is 163 Å². The average Bonchev–Trinajstić information content (AvgIpc) is 3.27. The van der Waals surface area contributed by atoms with Crippen LogP contribution in [0.2, 0.25) is 0 Å². The summed E-state index contributed by atoms with van der Waals surface area (Å²) in [5, 5.41) is 0. The molecule has 0 fully saturated rings. The Morgan fingerprint density at radius 2 is 0.508 bits per heavy atom. The van der Waals surface area contributed by atoms with Gasteiger partial charge in [-0.1, -0.05) is 96.8 Å². The minimum absolute atomic E-state index is 0.0739. The fourth-order valence-electron chi connectivity index (χ4n) is 5.56. The largest absolute Gasteiger partial charge is 0.467 e. The van der Waals surface area contributed by atoms with Crippen molar-refractivity contribution in [1.82, 2.24) is 0 Å². The van der Waals surface area contributed by atoms with E-state index in [9.17, 15) is 9.59 Å². The summed E-state index contributed by atoms with van der Waals surface area (Å²) in [5.41, 5.74) is 0. The number of carbonyl (C=O) groups is 2. The molecule has 0 unspecified atom stereocenters. The maximum absolute atomic E-state index is 11.9. The lowest BCUT2D eigenvalue weighted by Crippen LogP contribution is -2.16. The van der Waals surface area contributed by atoms with E-state index >= 15 is 0 Å². The monoisotopic (exact) mass is 885 g/mol. The second-order valence-corrected chi connectivity index (χ2v) is 14.3. The van der Waals surface area contributed by atoms with Gasteiger partial charge in [-0.05, 0) is 6.42 Å². The Kier molecular flexibility index (Phi) is 53.2. The van der Waals surface area contributed by atoms with Crippen LogP contribution >= 0.6 is 0 Å². The van der Waals surface area contributed by atoms with Crippen molar-refractivity contribution < 1.29 is 75.9 Å². The molecule has 0 aliphatic carbocycles. The third-order valence-corrected chi connectivity index (χ3v) is 9.01. The van der Waals surface area contributed by atoms with Gasteiger partial charge in [-0.15, -0.1) is 0 Å². The molecule has 0 N–H and O–H groups in total. The predicted molar refractivity (Wildman–Crippen MR) is 232 cm³/mol. The molecule has 364 valence electrons. The standard InChI is InChI=1S/C45H88O16/c1-3-4-5-6-7-8-9-10-11-12-13-14-15-16-17-18-44(46)61-42-41-59-38-37-57-34-33-55-30-29-53-26-25-51-22-21-49-19-20-50-23-24-52-27-28-54-31-32-56-35-36-58-39-40-60-43-45(47)48-2/h3-43H2,1-2H3. The molecule has 0 spiro atoms. The van der Waals surface area contributed by atoms with Crippen molar-refractivity contribution in [2.45, 2.75) is 110 Å². The number of carbonyl (C=O) groups excluding carboxylic acids is 2. The van der Waals surface area contributed by atoms with Crippen LogP contribution in [0.25, 0.3) is 0 Å². The van der Waals surface area contributed by atoms with Crippen molar-refractivity contribution in [2.75, 3.05) is 172 Å². The first-order chi connectivity index (χ1) is 30.2. The fraction of sp³-hybridized carbons (Fsp3) is 0.956. The van der Waals surface area contributed by atoms with E-state index in [1.165, 1.54) is 90.6 Å². The van der Waals surface area contributed by atoms with Crippen molar-refractivity contribution in [1.29, 1.82) is 0 Å². The molecule has 16 heteroatoms. The molecule has 0 amide bonds. The van der Waals surface area contributed by atoms with Crippen LogP contribution in [-0.2, 0) is 75.9 Å². The van der Waals surface area contributed by atoms with Gasteiger partial charge < -0.3 is 66.3 Å². The number of hydrogen-bond donors (Lipinski definition) is 0. The molecule has 0 radical (unpaired) electrons. The van der Waals surface area contributed by atoms with Gasteiger partial charge in [0.1, 0.15) is 13.2 Å². The Bertz CT molecular complexity index is 855. The van der Waals surface area contributed by atoms with Crippen LogP contribution < -0.4 is 0 Å². The Balaban J connectivity index is 3.13. The van der Waals surface area contributed by atoms with Crippen molar-refractivity contribution >= 4 is 11.9 Å². The average molecular weight is 885 g/mol. The Morgan fingerprint density at radius 1 is 0.279 bits per heavy atom. The van der Waals surface area contributed by atoms with Gasteiger partial charge in [-0.3, -0.25) is 4.79 Å². The van der Waals surface area contributed by atoms with E-state index in [4.69, 9.17) is 61.6 Å². The van der Waals surface area contributed by atoms with Crippen LogP contribution in [0.1, 0.15) is 110 Å². The highest BCUT2D eigenvalue weighted by Crippen LogP contribution is 2.14. The third-order valence-electron chi connectivity index (χ3n) is 9.01. The van der Waals surface area contributed by atoms with Gasteiger partial charge in [0.15, 0.2) is 0 Å². The summed E-state index contributed by atoms with van der Waals surface area (Å²) in [6.07, 6.45) is 20.2. The fourth-order valence-corrected chi connectivity index (χ4v) is 5.56. The summed E-state index contributed by atoms with van der Waals surface area (Å²) in [6.45, 7) is 13.1. The molecular weight excluding hydrogens is 796 g/mol. The lowest BCUT2D eigenvalue weighted by atomic mass is 10.0. The maximum Gasteiger partial charge on any atom is 0.331 e. The third kappa shape index (κ3) is 54.5. The number of hydrogen-bond acceptors (Lipinski definition) is 16. The van der Waals surface area contributed by atoms with E-state index in [0.29, 0.717) is 158 Å². The van der Waals surface area contributed by atoms with Gasteiger partial charge in [-0.25, -0.2) is 4.79 Å². The lowest BCUT2D eigenvalue weighted by Gasteiger charge is -2.09. The summed E-state index contributed by atoms with van der Waals surface area (Å²) >= 11 is 0. The molecule has 0 aromatic heterocycles. The Hall–Kier alpha value is -1.54. The molecule has 0 aromatic rings. The summed E-state index contributed by atoms with van der Waals surface area (Å²) in [4.78, 5) is 22.8. The predicted octanol–water partition coefficient (Wildman–Crippen LogP) is 6.16. The first kappa shape index (κ1) is 59.5. The van der Waals surface area contributed by atoms with E-state index in [2.05, 4.69) is 11.7 Å². The molecular formula is C45H88O16. The van der Waals surface area contributed by atoms with Gasteiger partial charge in [0, 0.05) is 6.42 Å². The number of esters is 2. The molecule has 61 heavy (non-hydrogen) atoms. The zero-order valence-electron chi connectivity index (χ0n) is 38.5. The van der Waals surface area contributed by atoms with Crippen molar-refractivity contribution in [2.24, 2.45) is 0 Å². The van der Waals surface area contributed by atoms with Crippen molar-refractivity contribution in [3.63, 3.8) is 0 Å². The van der Waals surface area contributed by atoms with E-state index < -0.39 is 5.97 Å². The van der Waals surface area contributed by atoms with E-state index in [0.717, 1.165) is 12.8 Å². The van der Waals surface area contributed by atoms with Crippen molar-refractivity contribution in [3.05, 3.63) is 0 Å². The van der Waals surface area contributed by atoms with Crippen molar-refractivity contribution in [3.8, 4) is 0 Å². The summed E-state index contributed by atoms with van der Waals surface area (Å²) < 4.78 is 75.0. The van der Waals surface area contributed by atoms with Crippen LogP contribution in [0, 0.1) is 0 Å². The quantitative estimate of drug-likeness (QED) is 0.0504. The van der Waals surface area contributed by atoms with Crippen LogP contribution in [0.4, 0.5) is 0 Å². The van der Waals surface area contributed by atoms with Crippen LogP contribution in [-0.4, -0.2) is 184 Å². The first-order valence-electron chi connectivity index (χ1n) is 23.4. The molecule has 0 heterocycles. The zero-order valence-corrected chi connectivity index (χ0v) is 38.5. The molecule has 0 atom stereocenters. The number of methoxy groups -OCH3 is 1. The Morgan fingerprint density at radius 3 is 0.770 bits per heavy atom. The molecule has 0 aliphatic rings. The molecule has 0 aromatic carbocycles. The minimum atomic E-state index is -0.410. The Labute approximate surface area is 369 Å². The molecule has 0 saturated carbocycles. The van der Waals surface area contributed by atoms with Crippen LogP contribution in [0.5, 0.6) is 0 Å². The number of unbranched alkanes of at least 4 members (excludes halogenated alkanes) is 14. The highest BCUT2D eigenvalue weighted by atomic mass is 16.6. The molecule has 0 aliphatic heterocycles. The van der Waals surface area contributed by atoms with Gasteiger partial charge in [0.05, 0.1) is 159 Å². The molecule has 0 saturated heterocycles. The highest BCUT2D eigenvalue weighted by molar-refractivity contribution is 5.70. The lowest BCUT2D eigenvalue weighted by molar-refractivity contribution is -0.146. The minimum Gasteiger partial charge on any atom is -0.467 e. The summed E-state index contributed by atoms with van der Waals surface area (Å²) in [5.74, 6) is -0.545. The SMILES string of the molecule is CCCCCCCCCCCCCCCCCC(=O)OCCOCCOCCOCCOCCOCCOCCOCCOCCOCCOCCOCCOCC(=O)OC. The smallest absolute Gasteiger partial charge is 0.331 e. The molecule has 0 bridgehead atoms. The highest BCUT2D eigenvalue weighted by Gasteiger charge is 2.04. The second-order valence-electron chi connectivity index (χ2n) is 14.3. The maximum atomic E-state index is 11.9. The second kappa shape index (κ2) is 54.6. The van der Waals surface area contributed by atoms with Gasteiger partial charge in [0.2, 0.25) is 0 Å². The first-order valence-corrected chi connectivity index (χ1v) is 23.4. The van der Waals surface area contributed by atoms with Crippen LogP contribution in [0.3, 0.4) is 0 Å². The van der Waals surface area contributed by atoms with E-state index in [1.807, 2.05) is 0 Å². The van der Waals surface area contributed by atoms with Gasteiger partial charge in [-0.2, -0.15) is 0 Å². The van der Waals surface area contributed by atoms with Gasteiger partial charge in [0.25, 0.3) is 0 Å². The number of rotatable bonds is 54. The van der Waals surface area contributed by atoms with Gasteiger partial charge >= 0.3 is 11.9 Å². The molecule has 16 nitrogen and oxygen atoms in total. The van der Waals surface area contributed by atoms with Crippen LogP contribution in [0.15, 0.2) is 0 Å². The molecule has 0 rings (SSSR count). The normalized spacial score (nSPS) is 11.4. The summed E-state index contributed by atoms with van der Waals surface area (Å²) in [7, 11) is 1.31.